The van der Waals surface area contributed by atoms with Crippen LogP contribution in [0.3, 0.4) is 0 Å². The molecule has 0 aromatic carbocycles. The Morgan fingerprint density at radius 3 is 1.90 bits per heavy atom. The molecule has 0 aromatic heterocycles. The molecule has 170 valence electrons. The van der Waals surface area contributed by atoms with Crippen LogP contribution in [0.15, 0.2) is 0 Å². The topological polar surface area (TPSA) is 145 Å². The summed E-state index contributed by atoms with van der Waals surface area (Å²) in [6.07, 6.45) is 5.85. The van der Waals surface area contributed by atoms with E-state index >= 15 is 0 Å². The second kappa shape index (κ2) is 19.5. The molecule has 0 rings (SSSR count). The first-order valence-electron chi connectivity index (χ1n) is 10.2. The van der Waals surface area contributed by atoms with Gasteiger partial charge in [-0.25, -0.2) is 0 Å². The summed E-state index contributed by atoms with van der Waals surface area (Å²) in [5, 5.41) is 4.89. The van der Waals surface area contributed by atoms with E-state index in [0.717, 1.165) is 25.5 Å². The van der Waals surface area contributed by atoms with Crippen molar-refractivity contribution in [3.05, 3.63) is 0 Å². The fourth-order valence-corrected chi connectivity index (χ4v) is 2.30. The predicted molar refractivity (Wildman–Crippen MR) is 106 cm³/mol. The van der Waals surface area contributed by atoms with Crippen molar-refractivity contribution in [3.63, 3.8) is 0 Å². The molecule has 0 saturated heterocycles. The number of rotatable bonds is 19. The first-order valence-corrected chi connectivity index (χ1v) is 10.2. The van der Waals surface area contributed by atoms with Gasteiger partial charge in [0.1, 0.15) is 19.0 Å². The molecule has 2 N–H and O–H groups in total. The largest absolute Gasteiger partial charge is 0.466 e. The third-order valence-corrected chi connectivity index (χ3v) is 3.86. The molecule has 30 heavy (non-hydrogen) atoms. The molecule has 0 aliphatic rings. The lowest BCUT2D eigenvalue weighted by Gasteiger charge is -2.07. The van der Waals surface area contributed by atoms with Crippen LogP contribution < -0.4 is 10.6 Å². The molecule has 0 atom stereocenters. The molecule has 0 aliphatic heterocycles. The SMILES string of the molecule is O=CCCCCCOC(=O)CCCCCOC(=O)CC(=O)NCCNC(=O)CC=O. The van der Waals surface area contributed by atoms with Gasteiger partial charge < -0.3 is 29.7 Å². The molecular weight excluding hydrogens is 396 g/mol. The van der Waals surface area contributed by atoms with Crippen LogP contribution in [0.1, 0.15) is 64.2 Å². The Morgan fingerprint density at radius 2 is 1.27 bits per heavy atom. The van der Waals surface area contributed by atoms with Gasteiger partial charge in [-0.15, -0.1) is 0 Å². The standard InChI is InChI=1S/C20H32N2O8/c23-12-5-1-2-6-14-29-19(27)8-4-3-7-15-30-20(28)16-18(26)22-11-10-21-17(25)9-13-24/h12-13H,1-11,14-16H2,(H,21,25)(H,22,26). The smallest absolute Gasteiger partial charge is 0.315 e. The number of hydrogen-bond donors (Lipinski definition) is 2. The van der Waals surface area contributed by atoms with E-state index in [1.807, 2.05) is 0 Å². The van der Waals surface area contributed by atoms with Gasteiger partial charge >= 0.3 is 11.9 Å². The lowest BCUT2D eigenvalue weighted by atomic mass is 10.2. The Labute approximate surface area is 176 Å². The number of carbonyl (C=O) groups is 6. The fraction of sp³-hybridized carbons (Fsp3) is 0.700. The fourth-order valence-electron chi connectivity index (χ4n) is 2.30. The van der Waals surface area contributed by atoms with Crippen LogP contribution in [0.5, 0.6) is 0 Å². The highest BCUT2D eigenvalue weighted by atomic mass is 16.5. The maximum Gasteiger partial charge on any atom is 0.315 e. The summed E-state index contributed by atoms with van der Waals surface area (Å²) in [5.41, 5.74) is 0. The predicted octanol–water partition coefficient (Wildman–Crippen LogP) is 0.604. The number of amides is 2. The summed E-state index contributed by atoms with van der Waals surface area (Å²) < 4.78 is 10.0. The van der Waals surface area contributed by atoms with Crippen LogP contribution in [0.25, 0.3) is 0 Å². The summed E-state index contributed by atoms with van der Waals surface area (Å²) >= 11 is 0. The Balaban J connectivity index is 3.52. The normalized spacial score (nSPS) is 10.0. The van der Waals surface area contributed by atoms with E-state index in [1.54, 1.807) is 0 Å². The number of aldehydes is 2. The van der Waals surface area contributed by atoms with Crippen LogP contribution in [-0.2, 0) is 38.2 Å². The zero-order chi connectivity index (χ0) is 22.5. The zero-order valence-electron chi connectivity index (χ0n) is 17.3. The van der Waals surface area contributed by atoms with Crippen molar-refractivity contribution < 1.29 is 38.2 Å². The van der Waals surface area contributed by atoms with Crippen LogP contribution in [0, 0.1) is 0 Å². The Hall–Kier alpha value is -2.78. The summed E-state index contributed by atoms with van der Waals surface area (Å²) in [6.45, 7) is 0.837. The van der Waals surface area contributed by atoms with Gasteiger partial charge in [0.05, 0.1) is 19.6 Å². The van der Waals surface area contributed by atoms with Crippen LogP contribution in [0.2, 0.25) is 0 Å². The molecule has 2 amide bonds. The van der Waals surface area contributed by atoms with E-state index < -0.39 is 24.2 Å². The molecule has 0 unspecified atom stereocenters. The van der Waals surface area contributed by atoms with Gasteiger partial charge in [-0.05, 0) is 38.5 Å². The van der Waals surface area contributed by atoms with E-state index in [4.69, 9.17) is 9.47 Å². The monoisotopic (exact) mass is 428 g/mol. The van der Waals surface area contributed by atoms with Crippen molar-refractivity contribution in [1.29, 1.82) is 0 Å². The van der Waals surface area contributed by atoms with Gasteiger partial charge in [0.15, 0.2) is 0 Å². The van der Waals surface area contributed by atoms with E-state index in [0.29, 0.717) is 45.0 Å². The number of nitrogens with one attached hydrogen (secondary N) is 2. The van der Waals surface area contributed by atoms with Gasteiger partial charge in [0.2, 0.25) is 11.8 Å². The number of unbranched alkanes of at least 4 members (excludes halogenated alkanes) is 5. The molecule has 0 fully saturated rings. The maximum absolute atomic E-state index is 11.5. The molecular formula is C20H32N2O8. The minimum absolute atomic E-state index is 0.144. The number of carbonyl (C=O) groups excluding carboxylic acids is 6. The molecule has 0 aliphatic carbocycles. The lowest BCUT2D eigenvalue weighted by molar-refractivity contribution is -0.147. The van der Waals surface area contributed by atoms with Crippen molar-refractivity contribution >= 4 is 36.3 Å². The summed E-state index contributed by atoms with van der Waals surface area (Å²) in [6, 6.07) is 0. The minimum Gasteiger partial charge on any atom is -0.466 e. The summed E-state index contributed by atoms with van der Waals surface area (Å²) in [7, 11) is 0. The quantitative estimate of drug-likeness (QED) is 0.132. The lowest BCUT2D eigenvalue weighted by Crippen LogP contribution is -2.35. The van der Waals surface area contributed by atoms with Gasteiger partial charge in [-0.3, -0.25) is 19.2 Å². The van der Waals surface area contributed by atoms with E-state index in [9.17, 15) is 28.8 Å². The summed E-state index contributed by atoms with van der Waals surface area (Å²) in [5.74, 6) is -1.86. The highest BCUT2D eigenvalue weighted by molar-refractivity contribution is 5.94. The van der Waals surface area contributed by atoms with E-state index in [2.05, 4.69) is 10.6 Å². The van der Waals surface area contributed by atoms with Gasteiger partial charge in [0, 0.05) is 25.9 Å². The molecule has 10 heteroatoms. The van der Waals surface area contributed by atoms with Crippen LogP contribution in [-0.4, -0.2) is 62.6 Å². The van der Waals surface area contributed by atoms with E-state index in [-0.39, 0.29) is 32.1 Å². The van der Waals surface area contributed by atoms with Gasteiger partial charge in [0.25, 0.3) is 0 Å². The molecule has 0 radical (unpaired) electrons. The third kappa shape index (κ3) is 18.6. The zero-order valence-corrected chi connectivity index (χ0v) is 17.3. The maximum atomic E-state index is 11.5. The Morgan fingerprint density at radius 1 is 0.667 bits per heavy atom. The van der Waals surface area contributed by atoms with Crippen molar-refractivity contribution in [2.24, 2.45) is 0 Å². The first-order chi connectivity index (χ1) is 14.5. The highest BCUT2D eigenvalue weighted by Gasteiger charge is 2.10. The second-order valence-corrected chi connectivity index (χ2v) is 6.52. The number of hydrogen-bond acceptors (Lipinski definition) is 8. The molecule has 0 aromatic rings. The van der Waals surface area contributed by atoms with Crippen molar-refractivity contribution in [3.8, 4) is 0 Å². The molecule has 0 spiro atoms. The minimum atomic E-state index is -0.647. The van der Waals surface area contributed by atoms with Crippen LogP contribution >= 0.6 is 0 Å². The second-order valence-electron chi connectivity index (χ2n) is 6.52. The van der Waals surface area contributed by atoms with Crippen molar-refractivity contribution in [2.45, 2.75) is 64.2 Å². The Kier molecular flexibility index (Phi) is 17.7. The van der Waals surface area contributed by atoms with Gasteiger partial charge in [-0.1, -0.05) is 0 Å². The molecule has 0 heterocycles. The van der Waals surface area contributed by atoms with Crippen molar-refractivity contribution in [1.82, 2.24) is 10.6 Å². The first kappa shape index (κ1) is 27.2. The van der Waals surface area contributed by atoms with E-state index in [1.165, 1.54) is 0 Å². The third-order valence-electron chi connectivity index (χ3n) is 3.86. The van der Waals surface area contributed by atoms with Gasteiger partial charge in [-0.2, -0.15) is 0 Å². The number of esters is 2. The molecule has 0 bridgehead atoms. The number of ether oxygens (including phenoxy) is 2. The Bertz CT molecular complexity index is 551. The average Bonchev–Trinajstić information content (AvgIpc) is 2.70. The highest BCUT2D eigenvalue weighted by Crippen LogP contribution is 2.04. The summed E-state index contributed by atoms with van der Waals surface area (Å²) in [4.78, 5) is 65.9. The average molecular weight is 428 g/mol. The van der Waals surface area contributed by atoms with Crippen LogP contribution in [0.4, 0.5) is 0 Å². The van der Waals surface area contributed by atoms with Crippen molar-refractivity contribution in [2.75, 3.05) is 26.3 Å². The molecule has 0 saturated carbocycles. The molecule has 10 nitrogen and oxygen atoms in total.